The van der Waals surface area contributed by atoms with Crippen LogP contribution in [0.25, 0.3) is 0 Å². The second kappa shape index (κ2) is 5.09. The fourth-order valence-electron chi connectivity index (χ4n) is 3.27. The molecule has 17 heavy (non-hydrogen) atoms. The van der Waals surface area contributed by atoms with Gasteiger partial charge in [0.2, 0.25) is 0 Å². The van der Waals surface area contributed by atoms with E-state index in [2.05, 4.69) is 27.7 Å². The van der Waals surface area contributed by atoms with Gasteiger partial charge in [-0.2, -0.15) is 0 Å². The number of likely N-dealkylation sites (tertiary alicyclic amines) is 1. The number of hydrogen-bond acceptors (Lipinski definition) is 3. The Hall–Kier alpha value is -0.380. The van der Waals surface area contributed by atoms with Gasteiger partial charge in [0, 0.05) is 11.4 Å². The van der Waals surface area contributed by atoms with E-state index in [1.165, 1.54) is 63.3 Å². The highest BCUT2D eigenvalue weighted by molar-refractivity contribution is 7.09. The molecule has 3 heteroatoms. The van der Waals surface area contributed by atoms with E-state index in [-0.39, 0.29) is 0 Å². The van der Waals surface area contributed by atoms with Crippen molar-refractivity contribution in [2.45, 2.75) is 32.2 Å². The molecule has 0 atom stereocenters. The quantitative estimate of drug-likeness (QED) is 0.868. The molecule has 2 aliphatic rings. The molecule has 0 bridgehead atoms. The number of nitrogens with zero attached hydrogens (tertiary/aromatic N) is 1. The maximum absolute atomic E-state index is 3.49. The number of piperidine rings is 2. The van der Waals surface area contributed by atoms with Crippen molar-refractivity contribution in [1.29, 1.82) is 0 Å². The maximum Gasteiger partial charge on any atom is 0.0327 e. The number of nitrogens with one attached hydrogen (secondary N) is 1. The molecule has 94 valence electrons. The number of rotatable bonds is 2. The summed E-state index contributed by atoms with van der Waals surface area (Å²) in [5.41, 5.74) is 0.692. The van der Waals surface area contributed by atoms with Gasteiger partial charge in [-0.1, -0.05) is 6.07 Å². The molecule has 0 unspecified atom stereocenters. The van der Waals surface area contributed by atoms with Gasteiger partial charge in [-0.05, 0) is 68.7 Å². The van der Waals surface area contributed by atoms with E-state index in [4.69, 9.17) is 0 Å². The van der Waals surface area contributed by atoms with Crippen LogP contribution in [-0.2, 0) is 6.54 Å². The standard InChI is InChI=1S/C14H22N2S/c1-2-13(17-11-1)12-16-9-5-14(6-10-16)3-7-15-8-4-14/h1-2,11,15H,3-10,12H2. The molecular formula is C14H22N2S. The first-order valence-corrected chi connectivity index (χ1v) is 7.70. The van der Waals surface area contributed by atoms with Crippen molar-refractivity contribution < 1.29 is 0 Å². The summed E-state index contributed by atoms with van der Waals surface area (Å²) in [6.07, 6.45) is 5.64. The largest absolute Gasteiger partial charge is 0.317 e. The Labute approximate surface area is 108 Å². The lowest BCUT2D eigenvalue weighted by atomic mass is 9.71. The van der Waals surface area contributed by atoms with E-state index in [1.807, 2.05) is 11.3 Å². The monoisotopic (exact) mass is 250 g/mol. The van der Waals surface area contributed by atoms with Crippen molar-refractivity contribution in [1.82, 2.24) is 10.2 Å². The summed E-state index contributed by atoms with van der Waals surface area (Å²) in [5, 5.41) is 5.68. The zero-order chi connectivity index (χ0) is 11.6. The highest BCUT2D eigenvalue weighted by Gasteiger charge is 2.35. The van der Waals surface area contributed by atoms with Crippen LogP contribution in [0.5, 0.6) is 0 Å². The van der Waals surface area contributed by atoms with E-state index >= 15 is 0 Å². The van der Waals surface area contributed by atoms with Gasteiger partial charge in [-0.3, -0.25) is 4.90 Å². The summed E-state index contributed by atoms with van der Waals surface area (Å²) >= 11 is 1.89. The van der Waals surface area contributed by atoms with Crippen LogP contribution in [0, 0.1) is 5.41 Å². The van der Waals surface area contributed by atoms with Crippen molar-refractivity contribution in [3.05, 3.63) is 22.4 Å². The molecule has 0 aliphatic carbocycles. The van der Waals surface area contributed by atoms with Gasteiger partial charge in [0.15, 0.2) is 0 Å². The molecule has 0 radical (unpaired) electrons. The summed E-state index contributed by atoms with van der Waals surface area (Å²) in [7, 11) is 0. The third-order valence-electron chi connectivity index (χ3n) is 4.54. The van der Waals surface area contributed by atoms with E-state index in [9.17, 15) is 0 Å². The zero-order valence-electron chi connectivity index (χ0n) is 10.5. The van der Waals surface area contributed by atoms with Crippen LogP contribution >= 0.6 is 11.3 Å². The normalized spacial score (nSPS) is 25.2. The van der Waals surface area contributed by atoms with Crippen molar-refractivity contribution >= 4 is 11.3 Å². The van der Waals surface area contributed by atoms with Gasteiger partial charge in [0.05, 0.1) is 0 Å². The first-order valence-electron chi connectivity index (χ1n) is 6.82. The van der Waals surface area contributed by atoms with Crippen LogP contribution in [0.1, 0.15) is 30.6 Å². The predicted octanol–water partition coefficient (Wildman–Crippen LogP) is 2.71. The highest BCUT2D eigenvalue weighted by atomic mass is 32.1. The van der Waals surface area contributed by atoms with Crippen LogP contribution < -0.4 is 5.32 Å². The Morgan fingerprint density at radius 2 is 1.94 bits per heavy atom. The molecule has 1 aromatic rings. The third-order valence-corrected chi connectivity index (χ3v) is 5.40. The molecule has 1 spiro atoms. The molecule has 3 rings (SSSR count). The zero-order valence-corrected chi connectivity index (χ0v) is 11.3. The molecule has 2 aliphatic heterocycles. The summed E-state index contributed by atoms with van der Waals surface area (Å²) in [6.45, 7) is 6.26. The minimum absolute atomic E-state index is 0.692. The average Bonchev–Trinajstić information content (AvgIpc) is 2.87. The Balaban J connectivity index is 1.53. The van der Waals surface area contributed by atoms with Gasteiger partial charge in [-0.15, -0.1) is 11.3 Å². The number of thiophene rings is 1. The first kappa shape index (κ1) is 11.7. The van der Waals surface area contributed by atoms with E-state index in [0.717, 1.165) is 0 Å². The van der Waals surface area contributed by atoms with Crippen molar-refractivity contribution in [3.63, 3.8) is 0 Å². The van der Waals surface area contributed by atoms with Gasteiger partial charge in [-0.25, -0.2) is 0 Å². The molecule has 3 heterocycles. The van der Waals surface area contributed by atoms with Crippen LogP contribution in [0.15, 0.2) is 17.5 Å². The smallest absolute Gasteiger partial charge is 0.0327 e. The second-order valence-corrected chi connectivity index (χ2v) is 6.64. The van der Waals surface area contributed by atoms with Gasteiger partial charge in [0.1, 0.15) is 0 Å². The van der Waals surface area contributed by atoms with Crippen LogP contribution in [0.4, 0.5) is 0 Å². The topological polar surface area (TPSA) is 15.3 Å². The summed E-state index contributed by atoms with van der Waals surface area (Å²) in [4.78, 5) is 4.16. The molecule has 1 aromatic heterocycles. The van der Waals surface area contributed by atoms with Crippen LogP contribution in [0.3, 0.4) is 0 Å². The predicted molar refractivity (Wildman–Crippen MR) is 73.4 cm³/mol. The minimum Gasteiger partial charge on any atom is -0.317 e. The first-order chi connectivity index (χ1) is 8.36. The molecule has 2 fully saturated rings. The second-order valence-electron chi connectivity index (χ2n) is 5.61. The molecule has 0 amide bonds. The van der Waals surface area contributed by atoms with E-state index in [1.54, 1.807) is 0 Å². The Morgan fingerprint density at radius 1 is 1.18 bits per heavy atom. The molecule has 0 saturated carbocycles. The van der Waals surface area contributed by atoms with Crippen LogP contribution in [-0.4, -0.2) is 31.1 Å². The molecule has 2 nitrogen and oxygen atoms in total. The lowest BCUT2D eigenvalue weighted by Gasteiger charge is -2.44. The Kier molecular flexibility index (Phi) is 3.50. The summed E-state index contributed by atoms with van der Waals surface area (Å²) < 4.78 is 0. The van der Waals surface area contributed by atoms with Crippen molar-refractivity contribution in [3.8, 4) is 0 Å². The van der Waals surface area contributed by atoms with Gasteiger partial charge in [0.25, 0.3) is 0 Å². The SMILES string of the molecule is c1csc(CN2CCC3(CCNCC3)CC2)c1. The Bertz CT molecular complexity index is 331. The maximum atomic E-state index is 3.49. The summed E-state index contributed by atoms with van der Waals surface area (Å²) in [6, 6.07) is 4.43. The fraction of sp³-hybridized carbons (Fsp3) is 0.714. The van der Waals surface area contributed by atoms with E-state index < -0.39 is 0 Å². The van der Waals surface area contributed by atoms with E-state index in [0.29, 0.717) is 5.41 Å². The van der Waals surface area contributed by atoms with Gasteiger partial charge >= 0.3 is 0 Å². The molecular weight excluding hydrogens is 228 g/mol. The number of hydrogen-bond donors (Lipinski definition) is 1. The highest BCUT2D eigenvalue weighted by Crippen LogP contribution is 2.39. The minimum atomic E-state index is 0.692. The molecule has 2 saturated heterocycles. The fourth-order valence-corrected chi connectivity index (χ4v) is 4.01. The van der Waals surface area contributed by atoms with Crippen LogP contribution in [0.2, 0.25) is 0 Å². The average molecular weight is 250 g/mol. The Morgan fingerprint density at radius 3 is 2.59 bits per heavy atom. The van der Waals surface area contributed by atoms with Crippen molar-refractivity contribution in [2.75, 3.05) is 26.2 Å². The third kappa shape index (κ3) is 2.72. The molecule has 1 N–H and O–H groups in total. The lowest BCUT2D eigenvalue weighted by molar-refractivity contribution is 0.0706. The summed E-state index contributed by atoms with van der Waals surface area (Å²) in [5.74, 6) is 0. The van der Waals surface area contributed by atoms with Gasteiger partial charge < -0.3 is 5.32 Å². The lowest BCUT2D eigenvalue weighted by Crippen LogP contribution is -2.45. The molecule has 0 aromatic carbocycles. The van der Waals surface area contributed by atoms with Crippen molar-refractivity contribution in [2.24, 2.45) is 5.41 Å².